The molecule has 0 atom stereocenters. The van der Waals surface area contributed by atoms with Crippen LogP contribution in [-0.4, -0.2) is 22.4 Å². The van der Waals surface area contributed by atoms with Crippen LogP contribution in [0.1, 0.15) is 27.2 Å². The maximum atomic E-state index is 13.6. The van der Waals surface area contributed by atoms with E-state index in [0.29, 0.717) is 24.3 Å². The summed E-state index contributed by atoms with van der Waals surface area (Å²) in [6, 6.07) is 14.1. The molecule has 1 heterocycles. The number of rotatable bonds is 6. The van der Waals surface area contributed by atoms with E-state index in [1.807, 2.05) is 32.0 Å². The van der Waals surface area contributed by atoms with Gasteiger partial charge in [-0.05, 0) is 49.1 Å². The molecule has 2 aromatic carbocycles. The molecule has 0 bridgehead atoms. The Morgan fingerprint density at radius 3 is 2.70 bits per heavy atom. The van der Waals surface area contributed by atoms with Gasteiger partial charge in [0, 0.05) is 18.3 Å². The first kappa shape index (κ1) is 18.5. The normalized spacial score (nSPS) is 10.5. The van der Waals surface area contributed by atoms with Crippen LogP contribution >= 0.6 is 0 Å². The van der Waals surface area contributed by atoms with Crippen LogP contribution in [0.25, 0.3) is 0 Å². The van der Waals surface area contributed by atoms with Gasteiger partial charge in [0.15, 0.2) is 0 Å². The lowest BCUT2D eigenvalue weighted by molar-refractivity contribution is 0.0949. The maximum absolute atomic E-state index is 13.6. The third kappa shape index (κ3) is 4.67. The molecular formula is C21H21FN4O. The molecule has 0 radical (unpaired) electrons. The molecule has 2 N–H and O–H groups in total. The van der Waals surface area contributed by atoms with E-state index in [0.717, 1.165) is 11.3 Å². The number of aromatic nitrogens is 2. The number of anilines is 2. The highest BCUT2D eigenvalue weighted by Crippen LogP contribution is 2.21. The van der Waals surface area contributed by atoms with E-state index in [9.17, 15) is 9.18 Å². The highest BCUT2D eigenvalue weighted by molar-refractivity contribution is 5.93. The van der Waals surface area contributed by atoms with Crippen LogP contribution in [-0.2, 0) is 6.42 Å². The van der Waals surface area contributed by atoms with E-state index in [-0.39, 0.29) is 17.4 Å². The first-order chi connectivity index (χ1) is 13.0. The van der Waals surface area contributed by atoms with Gasteiger partial charge in [0.25, 0.3) is 5.91 Å². The Kier molecular flexibility index (Phi) is 5.76. The van der Waals surface area contributed by atoms with Crippen LogP contribution in [0.2, 0.25) is 0 Å². The van der Waals surface area contributed by atoms with Gasteiger partial charge in [-0.2, -0.15) is 0 Å². The Morgan fingerprint density at radius 2 is 1.89 bits per heavy atom. The fourth-order valence-electron chi connectivity index (χ4n) is 2.68. The first-order valence-corrected chi connectivity index (χ1v) is 8.71. The average molecular weight is 364 g/mol. The minimum absolute atomic E-state index is 0.256. The summed E-state index contributed by atoms with van der Waals surface area (Å²) in [6.45, 7) is 4.38. The van der Waals surface area contributed by atoms with Gasteiger partial charge >= 0.3 is 0 Å². The predicted molar refractivity (Wildman–Crippen MR) is 104 cm³/mol. The molecule has 0 saturated heterocycles. The van der Waals surface area contributed by atoms with Crippen molar-refractivity contribution in [2.45, 2.75) is 20.3 Å². The molecule has 0 aliphatic heterocycles. The van der Waals surface area contributed by atoms with Gasteiger partial charge in [-0.25, -0.2) is 14.4 Å². The number of benzene rings is 2. The lowest BCUT2D eigenvalue weighted by atomic mass is 10.1. The SMILES string of the molecule is Cc1cccc(Nc2cc(C(=O)NCCc3ccccc3F)ncn2)c1C. The second kappa shape index (κ2) is 8.40. The molecule has 0 spiro atoms. The summed E-state index contributed by atoms with van der Waals surface area (Å²) >= 11 is 0. The number of carbonyl (C=O) groups is 1. The molecule has 0 saturated carbocycles. The second-order valence-corrected chi connectivity index (χ2v) is 6.26. The van der Waals surface area contributed by atoms with Crippen molar-refractivity contribution in [1.29, 1.82) is 0 Å². The van der Waals surface area contributed by atoms with Gasteiger partial charge in [0.2, 0.25) is 0 Å². The Morgan fingerprint density at radius 1 is 1.07 bits per heavy atom. The summed E-state index contributed by atoms with van der Waals surface area (Å²) < 4.78 is 13.6. The number of amides is 1. The van der Waals surface area contributed by atoms with Gasteiger partial charge < -0.3 is 10.6 Å². The molecule has 3 aromatic rings. The van der Waals surface area contributed by atoms with Crippen molar-refractivity contribution >= 4 is 17.4 Å². The number of nitrogens with one attached hydrogen (secondary N) is 2. The highest BCUT2D eigenvalue weighted by Gasteiger charge is 2.10. The number of hydrogen-bond acceptors (Lipinski definition) is 4. The molecule has 0 unspecified atom stereocenters. The Bertz CT molecular complexity index is 958. The molecule has 0 aliphatic rings. The second-order valence-electron chi connectivity index (χ2n) is 6.26. The van der Waals surface area contributed by atoms with Crippen LogP contribution in [0.15, 0.2) is 54.9 Å². The lowest BCUT2D eigenvalue weighted by Crippen LogP contribution is -2.26. The van der Waals surface area contributed by atoms with Crippen molar-refractivity contribution in [3.63, 3.8) is 0 Å². The van der Waals surface area contributed by atoms with Gasteiger partial charge in [-0.3, -0.25) is 4.79 Å². The van der Waals surface area contributed by atoms with Gasteiger partial charge in [-0.1, -0.05) is 30.3 Å². The molecule has 27 heavy (non-hydrogen) atoms. The van der Waals surface area contributed by atoms with Gasteiger partial charge in [0.05, 0.1) is 0 Å². The topological polar surface area (TPSA) is 66.9 Å². The average Bonchev–Trinajstić information content (AvgIpc) is 2.67. The number of nitrogens with zero attached hydrogens (tertiary/aromatic N) is 2. The van der Waals surface area contributed by atoms with Crippen LogP contribution in [0, 0.1) is 19.7 Å². The first-order valence-electron chi connectivity index (χ1n) is 8.71. The molecule has 6 heteroatoms. The standard InChI is InChI=1S/C21H21FN4O/c1-14-6-5-9-18(15(14)2)26-20-12-19(24-13-25-20)21(27)23-11-10-16-7-3-4-8-17(16)22/h3-9,12-13H,10-11H2,1-2H3,(H,23,27)(H,24,25,26). The number of halogens is 1. The molecule has 0 aliphatic carbocycles. The minimum atomic E-state index is -0.322. The Hall–Kier alpha value is -3.28. The fourth-order valence-corrected chi connectivity index (χ4v) is 2.68. The summed E-state index contributed by atoms with van der Waals surface area (Å²) in [5, 5.41) is 5.98. The van der Waals surface area contributed by atoms with Crippen molar-refractivity contribution in [3.05, 3.63) is 83.1 Å². The van der Waals surface area contributed by atoms with Crippen LogP contribution in [0.5, 0.6) is 0 Å². The Balaban J connectivity index is 1.63. The summed E-state index contributed by atoms with van der Waals surface area (Å²) in [7, 11) is 0. The zero-order valence-electron chi connectivity index (χ0n) is 15.3. The predicted octanol–water partition coefficient (Wildman–Crippen LogP) is 3.95. The third-order valence-electron chi connectivity index (χ3n) is 4.40. The Labute approximate surface area is 157 Å². The van der Waals surface area contributed by atoms with Crippen molar-refractivity contribution in [2.24, 2.45) is 0 Å². The molecule has 0 fully saturated rings. The smallest absolute Gasteiger partial charge is 0.270 e. The molecule has 1 aromatic heterocycles. The third-order valence-corrected chi connectivity index (χ3v) is 4.40. The van der Waals surface area contributed by atoms with E-state index in [2.05, 4.69) is 20.6 Å². The quantitative estimate of drug-likeness (QED) is 0.695. The number of aryl methyl sites for hydroxylation is 1. The fraction of sp³-hybridized carbons (Fsp3) is 0.190. The zero-order chi connectivity index (χ0) is 19.2. The zero-order valence-corrected chi connectivity index (χ0v) is 15.3. The summed E-state index contributed by atoms with van der Waals surface area (Å²) in [6.07, 6.45) is 1.76. The maximum Gasteiger partial charge on any atom is 0.270 e. The van der Waals surface area contributed by atoms with E-state index in [4.69, 9.17) is 0 Å². The van der Waals surface area contributed by atoms with Crippen molar-refractivity contribution < 1.29 is 9.18 Å². The van der Waals surface area contributed by atoms with E-state index >= 15 is 0 Å². The van der Waals surface area contributed by atoms with Crippen molar-refractivity contribution in [2.75, 3.05) is 11.9 Å². The van der Waals surface area contributed by atoms with Crippen LogP contribution in [0.4, 0.5) is 15.9 Å². The van der Waals surface area contributed by atoms with Gasteiger partial charge in [-0.15, -0.1) is 0 Å². The summed E-state index contributed by atoms with van der Waals surface area (Å²) in [5.41, 5.74) is 4.04. The molecule has 1 amide bonds. The van der Waals surface area contributed by atoms with Gasteiger partial charge in [0.1, 0.15) is 23.7 Å². The molecule has 3 rings (SSSR count). The minimum Gasteiger partial charge on any atom is -0.350 e. The van der Waals surface area contributed by atoms with Crippen LogP contribution < -0.4 is 10.6 Å². The molecule has 138 valence electrons. The summed E-state index contributed by atoms with van der Waals surface area (Å²) in [5.74, 6) is -0.0514. The number of carbonyl (C=O) groups excluding carboxylic acids is 1. The number of hydrogen-bond donors (Lipinski definition) is 2. The molecule has 5 nitrogen and oxygen atoms in total. The largest absolute Gasteiger partial charge is 0.350 e. The monoisotopic (exact) mass is 364 g/mol. The van der Waals surface area contributed by atoms with Crippen LogP contribution in [0.3, 0.4) is 0 Å². The van der Waals surface area contributed by atoms with Crippen molar-refractivity contribution in [1.82, 2.24) is 15.3 Å². The molecular weight excluding hydrogens is 343 g/mol. The van der Waals surface area contributed by atoms with E-state index in [1.165, 1.54) is 18.0 Å². The summed E-state index contributed by atoms with van der Waals surface area (Å²) in [4.78, 5) is 20.5. The highest BCUT2D eigenvalue weighted by atomic mass is 19.1. The lowest BCUT2D eigenvalue weighted by Gasteiger charge is -2.11. The van der Waals surface area contributed by atoms with E-state index in [1.54, 1.807) is 24.3 Å². The van der Waals surface area contributed by atoms with Crippen molar-refractivity contribution in [3.8, 4) is 0 Å². The van der Waals surface area contributed by atoms with E-state index < -0.39 is 0 Å².